The number of hydrogen-bond acceptors (Lipinski definition) is 7. The average molecular weight is 501 g/mol. The lowest BCUT2D eigenvalue weighted by molar-refractivity contribution is -0.116. The zero-order valence-electron chi connectivity index (χ0n) is 21.6. The third-order valence-corrected chi connectivity index (χ3v) is 6.99. The predicted molar refractivity (Wildman–Crippen MR) is 144 cm³/mol. The van der Waals surface area contributed by atoms with Gasteiger partial charge in [-0.25, -0.2) is 0 Å². The first-order valence-corrected chi connectivity index (χ1v) is 12.5. The number of carbonyl (C=O) groups excluding carboxylic acids is 1. The van der Waals surface area contributed by atoms with Gasteiger partial charge >= 0.3 is 0 Å². The molecule has 1 heterocycles. The minimum Gasteiger partial charge on any atom is -0.494 e. The maximum absolute atomic E-state index is 13.9. The Kier molecular flexibility index (Phi) is 6.95. The van der Waals surface area contributed by atoms with Gasteiger partial charge in [0.15, 0.2) is 17.3 Å². The zero-order chi connectivity index (χ0) is 25.9. The maximum atomic E-state index is 13.9. The monoisotopic (exact) mass is 500 g/mol. The minimum atomic E-state index is -0.395. The summed E-state index contributed by atoms with van der Waals surface area (Å²) < 4.78 is 22.4. The van der Waals surface area contributed by atoms with E-state index in [1.54, 1.807) is 21.3 Å². The topological polar surface area (TPSA) is 78.1 Å². The van der Waals surface area contributed by atoms with E-state index >= 15 is 0 Å². The number of methoxy groups -OCH3 is 3. The molecule has 2 unspecified atom stereocenters. The number of allylic oxidation sites excluding steroid dienone is 1. The molecule has 3 aromatic carbocycles. The average Bonchev–Trinajstić information content (AvgIpc) is 3.09. The lowest BCUT2D eigenvalue weighted by atomic mass is 9.78. The molecule has 0 saturated heterocycles. The van der Waals surface area contributed by atoms with E-state index in [1.165, 1.54) is 0 Å². The van der Waals surface area contributed by atoms with E-state index in [9.17, 15) is 4.79 Å². The molecule has 192 valence electrons. The van der Waals surface area contributed by atoms with Crippen LogP contribution < -0.4 is 29.6 Å². The highest BCUT2D eigenvalue weighted by atomic mass is 16.5. The zero-order valence-corrected chi connectivity index (χ0v) is 21.6. The van der Waals surface area contributed by atoms with Gasteiger partial charge in [-0.3, -0.25) is 4.79 Å². The molecule has 0 fully saturated rings. The number of fused-ring (bicyclic) bond motifs is 1. The molecule has 0 bridgehead atoms. The lowest BCUT2D eigenvalue weighted by Crippen LogP contribution is -2.27. The van der Waals surface area contributed by atoms with Crippen LogP contribution in [0.1, 0.15) is 42.9 Å². The van der Waals surface area contributed by atoms with E-state index in [4.69, 9.17) is 18.9 Å². The van der Waals surface area contributed by atoms with Crippen LogP contribution >= 0.6 is 0 Å². The third kappa shape index (κ3) is 4.69. The van der Waals surface area contributed by atoms with Crippen LogP contribution in [-0.4, -0.2) is 33.7 Å². The van der Waals surface area contributed by atoms with E-state index < -0.39 is 6.04 Å². The number of ether oxygens (including phenoxy) is 4. The summed E-state index contributed by atoms with van der Waals surface area (Å²) in [4.78, 5) is 13.9. The molecular weight excluding hydrogens is 468 g/mol. The van der Waals surface area contributed by atoms with Gasteiger partial charge in [-0.05, 0) is 66.8 Å². The molecule has 2 atom stereocenters. The van der Waals surface area contributed by atoms with Crippen LogP contribution in [0.5, 0.6) is 23.0 Å². The van der Waals surface area contributed by atoms with Gasteiger partial charge in [0.05, 0.1) is 45.4 Å². The number of benzene rings is 3. The van der Waals surface area contributed by atoms with Gasteiger partial charge in [-0.1, -0.05) is 24.3 Å². The molecule has 1 aliphatic heterocycles. The van der Waals surface area contributed by atoms with Gasteiger partial charge in [-0.2, -0.15) is 0 Å². The van der Waals surface area contributed by atoms with E-state index in [0.29, 0.717) is 36.7 Å². The Morgan fingerprint density at radius 2 is 1.51 bits per heavy atom. The van der Waals surface area contributed by atoms with E-state index in [-0.39, 0.29) is 11.7 Å². The summed E-state index contributed by atoms with van der Waals surface area (Å²) in [5.74, 6) is 2.61. The normalized spacial score (nSPS) is 18.5. The van der Waals surface area contributed by atoms with Crippen molar-refractivity contribution in [2.45, 2.75) is 31.7 Å². The van der Waals surface area contributed by atoms with Crippen molar-refractivity contribution in [3.05, 3.63) is 83.1 Å². The number of ketones is 1. The maximum Gasteiger partial charge on any atom is 0.203 e. The second-order valence-corrected chi connectivity index (χ2v) is 9.13. The number of nitrogens with one attached hydrogen (secondary N) is 2. The van der Waals surface area contributed by atoms with Crippen LogP contribution in [0.3, 0.4) is 0 Å². The van der Waals surface area contributed by atoms with Gasteiger partial charge in [-0.15, -0.1) is 0 Å². The molecule has 0 radical (unpaired) electrons. The lowest BCUT2D eigenvalue weighted by Gasteiger charge is -2.30. The van der Waals surface area contributed by atoms with Gasteiger partial charge in [0.1, 0.15) is 5.75 Å². The van der Waals surface area contributed by atoms with Gasteiger partial charge in [0, 0.05) is 17.7 Å². The van der Waals surface area contributed by atoms with Crippen LogP contribution in [0.15, 0.2) is 71.9 Å². The molecular formula is C30H32N2O5. The Labute approximate surface area is 217 Å². The highest BCUT2D eigenvalue weighted by molar-refractivity contribution is 6.01. The third-order valence-electron chi connectivity index (χ3n) is 6.99. The van der Waals surface area contributed by atoms with Crippen LogP contribution in [0, 0.1) is 0 Å². The number of carbonyl (C=O) groups is 1. The molecule has 0 amide bonds. The van der Waals surface area contributed by atoms with E-state index in [1.807, 2.05) is 55.5 Å². The summed E-state index contributed by atoms with van der Waals surface area (Å²) in [6.45, 7) is 2.59. The summed E-state index contributed by atoms with van der Waals surface area (Å²) in [5.41, 5.74) is 5.48. The fraction of sp³-hybridized carbons (Fsp3) is 0.300. The molecule has 0 spiro atoms. The first-order valence-electron chi connectivity index (χ1n) is 12.5. The molecule has 0 saturated carbocycles. The van der Waals surface area contributed by atoms with Crippen LogP contribution in [0.25, 0.3) is 0 Å². The number of anilines is 2. The Balaban J connectivity index is 1.59. The summed E-state index contributed by atoms with van der Waals surface area (Å²) >= 11 is 0. The van der Waals surface area contributed by atoms with Crippen molar-refractivity contribution >= 4 is 17.2 Å². The molecule has 3 aromatic rings. The summed E-state index contributed by atoms with van der Waals surface area (Å²) in [5, 5.41) is 7.20. The van der Waals surface area contributed by atoms with Crippen LogP contribution in [0.4, 0.5) is 11.4 Å². The van der Waals surface area contributed by atoms with Gasteiger partial charge < -0.3 is 29.6 Å². The highest BCUT2D eigenvalue weighted by Crippen LogP contribution is 2.47. The first kappa shape index (κ1) is 24.6. The fourth-order valence-electron chi connectivity index (χ4n) is 5.25. The molecule has 0 aromatic heterocycles. The largest absolute Gasteiger partial charge is 0.494 e. The number of rotatable bonds is 7. The van der Waals surface area contributed by atoms with Crippen molar-refractivity contribution in [1.29, 1.82) is 0 Å². The van der Waals surface area contributed by atoms with Gasteiger partial charge in [0.2, 0.25) is 5.75 Å². The fourth-order valence-corrected chi connectivity index (χ4v) is 5.25. The Morgan fingerprint density at radius 3 is 2.14 bits per heavy atom. The van der Waals surface area contributed by atoms with Crippen LogP contribution in [-0.2, 0) is 4.79 Å². The Bertz CT molecular complexity index is 1310. The van der Waals surface area contributed by atoms with Crippen molar-refractivity contribution in [2.75, 3.05) is 38.6 Å². The van der Waals surface area contributed by atoms with Crippen molar-refractivity contribution in [3.63, 3.8) is 0 Å². The molecule has 5 rings (SSSR count). The van der Waals surface area contributed by atoms with Crippen molar-refractivity contribution in [2.24, 2.45) is 0 Å². The smallest absolute Gasteiger partial charge is 0.203 e. The van der Waals surface area contributed by atoms with Crippen molar-refractivity contribution < 1.29 is 23.7 Å². The molecule has 7 nitrogen and oxygen atoms in total. The molecule has 2 N–H and O–H groups in total. The van der Waals surface area contributed by atoms with Gasteiger partial charge in [0.25, 0.3) is 0 Å². The standard InChI is InChI=1S/C30H32N2O5/c1-5-37-21-12-10-18(11-13-21)19-14-24-28(25(33)15-19)29(32-23-9-7-6-8-22(23)31-24)20-16-26(34-2)30(36-4)27(17-20)35-3/h6-13,16-17,19,29,31-32H,5,14-15H2,1-4H3. The second kappa shape index (κ2) is 10.5. The second-order valence-electron chi connectivity index (χ2n) is 9.13. The quantitative estimate of drug-likeness (QED) is 0.406. The number of hydrogen-bond donors (Lipinski definition) is 2. The van der Waals surface area contributed by atoms with Crippen molar-refractivity contribution in [1.82, 2.24) is 0 Å². The molecule has 1 aliphatic carbocycles. The first-order chi connectivity index (χ1) is 18.1. The minimum absolute atomic E-state index is 0.0697. The predicted octanol–water partition coefficient (Wildman–Crippen LogP) is 6.09. The molecule has 37 heavy (non-hydrogen) atoms. The molecule has 2 aliphatic rings. The summed E-state index contributed by atoms with van der Waals surface area (Å²) in [6, 6.07) is 19.5. The highest BCUT2D eigenvalue weighted by Gasteiger charge is 2.36. The van der Waals surface area contributed by atoms with Crippen molar-refractivity contribution in [3.8, 4) is 23.0 Å². The van der Waals surface area contributed by atoms with E-state index in [0.717, 1.165) is 39.5 Å². The number of Topliss-reactive ketones (excluding diaryl/α,β-unsaturated/α-hetero) is 1. The van der Waals surface area contributed by atoms with E-state index in [2.05, 4.69) is 22.8 Å². The van der Waals surface area contributed by atoms with Crippen LogP contribution in [0.2, 0.25) is 0 Å². The molecule has 7 heteroatoms. The SMILES string of the molecule is CCOc1ccc(C2CC(=O)C3=C(C2)Nc2ccccc2NC3c2cc(OC)c(OC)c(OC)c2)cc1. The Hall–Kier alpha value is -4.13. The Morgan fingerprint density at radius 1 is 0.838 bits per heavy atom. The summed E-state index contributed by atoms with van der Waals surface area (Å²) in [6.07, 6.45) is 1.14. The number of para-hydroxylation sites is 2. The summed E-state index contributed by atoms with van der Waals surface area (Å²) in [7, 11) is 4.77.